The Labute approximate surface area is 158 Å². The van der Waals surface area contributed by atoms with E-state index >= 15 is 0 Å². The van der Waals surface area contributed by atoms with Crippen molar-refractivity contribution >= 4 is 11.6 Å². The van der Waals surface area contributed by atoms with Crippen molar-refractivity contribution in [2.45, 2.75) is 12.5 Å². The molecule has 0 aliphatic carbocycles. The molecule has 6 heteroatoms. The van der Waals surface area contributed by atoms with Crippen molar-refractivity contribution in [1.29, 1.82) is 0 Å². The fourth-order valence-electron chi connectivity index (χ4n) is 3.37. The third-order valence-electron chi connectivity index (χ3n) is 4.73. The molecule has 1 unspecified atom stereocenters. The standard InChI is InChI=1S/C20H21ClN4O/c21-17-9-5-4-8-16(17)18-14-22-11-13-25(18)12-10-19-23-20(24-26-19)15-6-2-1-3-7-15/h1-9,18,22H,10-14H2. The Balaban J connectivity index is 1.45. The van der Waals surface area contributed by atoms with Crippen molar-refractivity contribution < 1.29 is 4.52 Å². The molecule has 1 atom stereocenters. The lowest BCUT2D eigenvalue weighted by Gasteiger charge is -2.36. The summed E-state index contributed by atoms with van der Waals surface area (Å²) in [6, 6.07) is 18.2. The summed E-state index contributed by atoms with van der Waals surface area (Å²) < 4.78 is 5.45. The molecular formula is C20H21ClN4O. The van der Waals surface area contributed by atoms with Gasteiger partial charge in [0.25, 0.3) is 0 Å². The predicted molar refractivity (Wildman–Crippen MR) is 102 cm³/mol. The minimum absolute atomic E-state index is 0.258. The number of hydrogen-bond acceptors (Lipinski definition) is 5. The topological polar surface area (TPSA) is 54.2 Å². The van der Waals surface area contributed by atoms with Gasteiger partial charge >= 0.3 is 0 Å². The summed E-state index contributed by atoms with van der Waals surface area (Å²) in [6.45, 7) is 3.69. The van der Waals surface area contributed by atoms with Crippen LogP contribution in [0.25, 0.3) is 11.4 Å². The maximum Gasteiger partial charge on any atom is 0.228 e. The highest BCUT2D eigenvalue weighted by atomic mass is 35.5. The highest BCUT2D eigenvalue weighted by Crippen LogP contribution is 2.28. The molecule has 0 radical (unpaired) electrons. The molecule has 0 amide bonds. The number of hydrogen-bond donors (Lipinski definition) is 1. The van der Waals surface area contributed by atoms with Crippen LogP contribution in [-0.2, 0) is 6.42 Å². The summed E-state index contributed by atoms with van der Waals surface area (Å²) in [6.07, 6.45) is 0.723. The normalized spacial score (nSPS) is 18.1. The lowest BCUT2D eigenvalue weighted by molar-refractivity contribution is 0.159. The first kappa shape index (κ1) is 17.2. The lowest BCUT2D eigenvalue weighted by atomic mass is 10.0. The first-order valence-corrected chi connectivity index (χ1v) is 9.26. The van der Waals surface area contributed by atoms with Crippen LogP contribution in [0.15, 0.2) is 59.1 Å². The molecule has 0 saturated carbocycles. The molecule has 0 bridgehead atoms. The Hall–Kier alpha value is -2.21. The van der Waals surface area contributed by atoms with Gasteiger partial charge in [-0.25, -0.2) is 0 Å². The fourth-order valence-corrected chi connectivity index (χ4v) is 3.63. The summed E-state index contributed by atoms with van der Waals surface area (Å²) in [5, 5.41) is 8.38. The first-order chi connectivity index (χ1) is 12.8. The summed E-state index contributed by atoms with van der Waals surface area (Å²) >= 11 is 6.42. The average molecular weight is 369 g/mol. The Morgan fingerprint density at radius 1 is 1.12 bits per heavy atom. The van der Waals surface area contributed by atoms with Gasteiger partial charge < -0.3 is 9.84 Å². The molecule has 3 aromatic rings. The van der Waals surface area contributed by atoms with Crippen LogP contribution >= 0.6 is 11.6 Å². The van der Waals surface area contributed by atoms with Crippen LogP contribution in [-0.4, -0.2) is 41.2 Å². The van der Waals surface area contributed by atoms with Crippen molar-refractivity contribution in [3.8, 4) is 11.4 Å². The minimum Gasteiger partial charge on any atom is -0.339 e. The van der Waals surface area contributed by atoms with E-state index in [-0.39, 0.29) is 6.04 Å². The summed E-state index contributed by atoms with van der Waals surface area (Å²) in [5.74, 6) is 1.31. The lowest BCUT2D eigenvalue weighted by Crippen LogP contribution is -2.46. The zero-order valence-corrected chi connectivity index (χ0v) is 15.2. The van der Waals surface area contributed by atoms with Crippen molar-refractivity contribution in [3.05, 3.63) is 71.1 Å². The summed E-state index contributed by atoms with van der Waals surface area (Å²) in [5.41, 5.74) is 2.13. The van der Waals surface area contributed by atoms with Crippen LogP contribution in [0.1, 0.15) is 17.5 Å². The Kier molecular flexibility index (Phi) is 5.29. The monoisotopic (exact) mass is 368 g/mol. The zero-order valence-electron chi connectivity index (χ0n) is 14.4. The maximum atomic E-state index is 6.42. The highest BCUT2D eigenvalue weighted by molar-refractivity contribution is 6.31. The van der Waals surface area contributed by atoms with Gasteiger partial charge in [0.2, 0.25) is 11.7 Å². The van der Waals surface area contributed by atoms with Crippen molar-refractivity contribution in [2.75, 3.05) is 26.2 Å². The Morgan fingerprint density at radius 2 is 1.92 bits per heavy atom. The van der Waals surface area contributed by atoms with Gasteiger partial charge in [-0.05, 0) is 11.6 Å². The molecule has 0 spiro atoms. The summed E-state index contributed by atoms with van der Waals surface area (Å²) in [4.78, 5) is 6.97. The van der Waals surface area contributed by atoms with Crippen LogP contribution in [0.4, 0.5) is 0 Å². The molecule has 1 N–H and O–H groups in total. The second-order valence-electron chi connectivity index (χ2n) is 6.41. The minimum atomic E-state index is 0.258. The first-order valence-electron chi connectivity index (χ1n) is 8.88. The van der Waals surface area contributed by atoms with Gasteiger partial charge in [-0.15, -0.1) is 0 Å². The highest BCUT2D eigenvalue weighted by Gasteiger charge is 2.25. The SMILES string of the molecule is Clc1ccccc1C1CNCCN1CCc1nc(-c2ccccc2)no1. The van der Waals surface area contributed by atoms with Gasteiger partial charge in [0.15, 0.2) is 0 Å². The van der Waals surface area contributed by atoms with Crippen molar-refractivity contribution in [2.24, 2.45) is 0 Å². The van der Waals surface area contributed by atoms with E-state index in [1.807, 2.05) is 48.5 Å². The third kappa shape index (κ3) is 3.80. The number of aromatic nitrogens is 2. The van der Waals surface area contributed by atoms with Gasteiger partial charge in [0.05, 0.1) is 0 Å². The molecule has 1 fully saturated rings. The molecule has 1 saturated heterocycles. The molecule has 1 aromatic heterocycles. The Morgan fingerprint density at radius 3 is 2.77 bits per heavy atom. The van der Waals surface area contributed by atoms with Crippen LogP contribution in [0, 0.1) is 0 Å². The molecule has 134 valence electrons. The van der Waals surface area contributed by atoms with Crippen LogP contribution in [0.3, 0.4) is 0 Å². The number of piperazine rings is 1. The van der Waals surface area contributed by atoms with E-state index in [1.54, 1.807) is 0 Å². The second-order valence-corrected chi connectivity index (χ2v) is 6.81. The van der Waals surface area contributed by atoms with E-state index in [1.165, 1.54) is 0 Å². The smallest absolute Gasteiger partial charge is 0.228 e. The van der Waals surface area contributed by atoms with Crippen molar-refractivity contribution in [1.82, 2.24) is 20.4 Å². The number of halogens is 1. The molecule has 4 rings (SSSR count). The predicted octanol–water partition coefficient (Wildman–Crippen LogP) is 3.58. The van der Waals surface area contributed by atoms with Crippen molar-refractivity contribution in [3.63, 3.8) is 0 Å². The molecule has 2 heterocycles. The van der Waals surface area contributed by atoms with Crippen LogP contribution in [0.2, 0.25) is 5.02 Å². The fraction of sp³-hybridized carbons (Fsp3) is 0.300. The zero-order chi connectivity index (χ0) is 17.8. The Bertz CT molecular complexity index is 852. The largest absolute Gasteiger partial charge is 0.339 e. The van der Waals surface area contributed by atoms with Gasteiger partial charge in [-0.1, -0.05) is 65.3 Å². The maximum absolute atomic E-state index is 6.42. The van der Waals surface area contributed by atoms with E-state index < -0.39 is 0 Å². The molecular weight excluding hydrogens is 348 g/mol. The van der Waals surface area contributed by atoms with Crippen LogP contribution in [0.5, 0.6) is 0 Å². The van der Waals surface area contributed by atoms with E-state index in [0.717, 1.165) is 48.7 Å². The van der Waals surface area contributed by atoms with Gasteiger partial charge in [0, 0.05) is 49.2 Å². The van der Waals surface area contributed by atoms with E-state index in [9.17, 15) is 0 Å². The van der Waals surface area contributed by atoms with Gasteiger partial charge in [-0.2, -0.15) is 4.98 Å². The number of rotatable bonds is 5. The third-order valence-corrected chi connectivity index (χ3v) is 5.08. The molecule has 26 heavy (non-hydrogen) atoms. The number of benzene rings is 2. The van der Waals surface area contributed by atoms with E-state index in [2.05, 4.69) is 26.4 Å². The molecule has 1 aliphatic rings. The second kappa shape index (κ2) is 7.99. The number of nitrogens with one attached hydrogen (secondary N) is 1. The quantitative estimate of drug-likeness (QED) is 0.746. The molecule has 2 aromatic carbocycles. The number of nitrogens with zero attached hydrogens (tertiary/aromatic N) is 3. The van der Waals surface area contributed by atoms with Gasteiger partial charge in [-0.3, -0.25) is 4.90 Å². The van der Waals surface area contributed by atoms with Crippen LogP contribution < -0.4 is 5.32 Å². The van der Waals surface area contributed by atoms with E-state index in [0.29, 0.717) is 11.7 Å². The van der Waals surface area contributed by atoms with Gasteiger partial charge in [0.1, 0.15) is 0 Å². The van der Waals surface area contributed by atoms with E-state index in [4.69, 9.17) is 16.1 Å². The molecule has 5 nitrogen and oxygen atoms in total. The average Bonchev–Trinajstić information content (AvgIpc) is 3.17. The molecule has 1 aliphatic heterocycles. The summed E-state index contributed by atoms with van der Waals surface area (Å²) in [7, 11) is 0.